The third-order valence-electron chi connectivity index (χ3n) is 2.05. The molecule has 2 aromatic rings. The van der Waals surface area contributed by atoms with Gasteiger partial charge in [0.2, 0.25) is 5.88 Å². The van der Waals surface area contributed by atoms with Crippen LogP contribution in [0.15, 0.2) is 22.7 Å². The van der Waals surface area contributed by atoms with E-state index in [1.54, 1.807) is 26.0 Å². The molecule has 0 unspecified atom stereocenters. The maximum Gasteiger partial charge on any atom is 0.258 e. The number of halogens is 1. The lowest BCUT2D eigenvalue weighted by molar-refractivity contribution is 0.102. The Labute approximate surface area is 103 Å². The minimum atomic E-state index is -0.312. The second kappa shape index (κ2) is 4.55. The van der Waals surface area contributed by atoms with Crippen LogP contribution in [0.2, 0.25) is 5.15 Å². The zero-order chi connectivity index (χ0) is 12.4. The molecule has 0 aliphatic heterocycles. The van der Waals surface area contributed by atoms with E-state index in [4.69, 9.17) is 16.1 Å². The Morgan fingerprint density at radius 1 is 1.29 bits per heavy atom. The summed E-state index contributed by atoms with van der Waals surface area (Å²) in [5.74, 6) is -0.00774. The Kier molecular flexibility index (Phi) is 3.10. The van der Waals surface area contributed by atoms with Gasteiger partial charge in [0.25, 0.3) is 5.91 Å². The van der Waals surface area contributed by atoms with Crippen molar-refractivity contribution in [1.29, 1.82) is 0 Å². The molecule has 17 heavy (non-hydrogen) atoms. The average molecular weight is 252 g/mol. The molecular formula is C11H10ClN3O2. The van der Waals surface area contributed by atoms with E-state index in [1.807, 2.05) is 0 Å². The van der Waals surface area contributed by atoms with Gasteiger partial charge in [0.05, 0.1) is 5.69 Å². The predicted octanol–water partition coefficient (Wildman–Crippen LogP) is 2.59. The Morgan fingerprint density at radius 3 is 2.65 bits per heavy atom. The zero-order valence-electron chi connectivity index (χ0n) is 9.32. The summed E-state index contributed by atoms with van der Waals surface area (Å²) in [7, 11) is 0. The van der Waals surface area contributed by atoms with Gasteiger partial charge in [0.1, 0.15) is 5.15 Å². The molecule has 0 aliphatic carbocycles. The molecule has 0 saturated heterocycles. The molecule has 6 heteroatoms. The van der Waals surface area contributed by atoms with Crippen LogP contribution in [0, 0.1) is 13.8 Å². The van der Waals surface area contributed by atoms with E-state index in [2.05, 4.69) is 15.5 Å². The molecule has 2 rings (SSSR count). The molecule has 1 amide bonds. The molecule has 88 valence electrons. The highest BCUT2D eigenvalue weighted by Gasteiger charge is 2.10. The molecule has 2 heterocycles. The highest BCUT2D eigenvalue weighted by atomic mass is 35.5. The number of aryl methyl sites for hydroxylation is 2. The van der Waals surface area contributed by atoms with E-state index in [-0.39, 0.29) is 11.1 Å². The molecule has 0 aliphatic rings. The van der Waals surface area contributed by atoms with Crippen molar-refractivity contribution in [3.05, 3.63) is 40.3 Å². The Balaban J connectivity index is 2.19. The van der Waals surface area contributed by atoms with Gasteiger partial charge >= 0.3 is 0 Å². The molecular weight excluding hydrogens is 242 g/mol. The third-order valence-corrected chi connectivity index (χ3v) is 2.24. The van der Waals surface area contributed by atoms with Crippen LogP contribution in [0.25, 0.3) is 0 Å². The molecule has 0 aromatic carbocycles. The van der Waals surface area contributed by atoms with Crippen LogP contribution in [0.5, 0.6) is 0 Å². The fraction of sp³-hybridized carbons (Fsp3) is 0.182. The lowest BCUT2D eigenvalue weighted by Crippen LogP contribution is -2.11. The number of carbonyl (C=O) groups is 1. The van der Waals surface area contributed by atoms with Gasteiger partial charge in [-0.3, -0.25) is 10.1 Å². The van der Waals surface area contributed by atoms with Crippen LogP contribution in [0.1, 0.15) is 21.7 Å². The van der Waals surface area contributed by atoms with Gasteiger partial charge in [-0.2, -0.15) is 0 Å². The van der Waals surface area contributed by atoms with Gasteiger partial charge in [0, 0.05) is 17.3 Å². The molecule has 0 fully saturated rings. The van der Waals surface area contributed by atoms with E-state index in [1.165, 1.54) is 6.07 Å². The number of nitrogens with zero attached hydrogens (tertiary/aromatic N) is 2. The van der Waals surface area contributed by atoms with Crippen molar-refractivity contribution < 1.29 is 9.32 Å². The van der Waals surface area contributed by atoms with Gasteiger partial charge in [0.15, 0.2) is 0 Å². The average Bonchev–Trinajstić information content (AvgIpc) is 2.62. The van der Waals surface area contributed by atoms with E-state index in [0.717, 1.165) is 0 Å². The lowest BCUT2D eigenvalue weighted by atomic mass is 10.2. The number of aromatic nitrogens is 2. The van der Waals surface area contributed by atoms with Crippen LogP contribution in [0.3, 0.4) is 0 Å². The van der Waals surface area contributed by atoms with Crippen molar-refractivity contribution in [2.45, 2.75) is 13.8 Å². The van der Waals surface area contributed by atoms with Crippen LogP contribution < -0.4 is 5.32 Å². The fourth-order valence-corrected chi connectivity index (χ4v) is 1.62. The third kappa shape index (κ3) is 2.82. The molecule has 5 nitrogen and oxygen atoms in total. The lowest BCUT2D eigenvalue weighted by Gasteiger charge is -2.02. The molecule has 0 radical (unpaired) electrons. The summed E-state index contributed by atoms with van der Waals surface area (Å²) < 4.78 is 4.89. The smallest absolute Gasteiger partial charge is 0.258 e. The van der Waals surface area contributed by atoms with Gasteiger partial charge in [-0.1, -0.05) is 16.8 Å². The van der Waals surface area contributed by atoms with Crippen molar-refractivity contribution in [2.75, 3.05) is 5.32 Å². The van der Waals surface area contributed by atoms with Crippen LogP contribution in [-0.2, 0) is 0 Å². The molecule has 0 atom stereocenters. The standard InChI is InChI=1S/C11H10ClN3O2/c1-6-3-8(5-9(12)13-6)11(16)14-10-4-7(2)15-17-10/h3-5H,1-2H3,(H,14,16). The second-order valence-electron chi connectivity index (χ2n) is 3.61. The SMILES string of the molecule is Cc1cc(NC(=O)c2cc(C)nc(Cl)c2)on1. The fourth-order valence-electron chi connectivity index (χ4n) is 1.37. The van der Waals surface area contributed by atoms with Crippen molar-refractivity contribution >= 4 is 23.4 Å². The quantitative estimate of drug-likeness (QED) is 0.833. The number of nitrogens with one attached hydrogen (secondary N) is 1. The van der Waals surface area contributed by atoms with E-state index in [9.17, 15) is 4.79 Å². The normalized spacial score (nSPS) is 10.3. The Bertz CT molecular complexity index is 545. The molecule has 0 bridgehead atoms. The number of carbonyl (C=O) groups excluding carboxylic acids is 1. The van der Waals surface area contributed by atoms with Crippen LogP contribution in [-0.4, -0.2) is 16.0 Å². The summed E-state index contributed by atoms with van der Waals surface area (Å²) in [6.07, 6.45) is 0. The van der Waals surface area contributed by atoms with Crippen molar-refractivity contribution in [2.24, 2.45) is 0 Å². The van der Waals surface area contributed by atoms with Gasteiger partial charge < -0.3 is 4.52 Å². The number of amides is 1. The number of hydrogen-bond donors (Lipinski definition) is 1. The van der Waals surface area contributed by atoms with Crippen molar-refractivity contribution in [3.8, 4) is 0 Å². The second-order valence-corrected chi connectivity index (χ2v) is 3.99. The van der Waals surface area contributed by atoms with Gasteiger partial charge in [-0.05, 0) is 26.0 Å². The van der Waals surface area contributed by atoms with Gasteiger partial charge in [-0.15, -0.1) is 0 Å². The van der Waals surface area contributed by atoms with E-state index < -0.39 is 0 Å². The van der Waals surface area contributed by atoms with Gasteiger partial charge in [-0.25, -0.2) is 4.98 Å². The minimum Gasteiger partial charge on any atom is -0.338 e. The summed E-state index contributed by atoms with van der Waals surface area (Å²) in [6.45, 7) is 3.54. The first-order valence-corrected chi connectivity index (χ1v) is 5.31. The maximum atomic E-state index is 11.8. The van der Waals surface area contributed by atoms with E-state index in [0.29, 0.717) is 22.8 Å². The Hall–Kier alpha value is -1.88. The molecule has 0 saturated carbocycles. The van der Waals surface area contributed by atoms with Crippen molar-refractivity contribution in [1.82, 2.24) is 10.1 Å². The number of hydrogen-bond acceptors (Lipinski definition) is 4. The highest BCUT2D eigenvalue weighted by Crippen LogP contribution is 2.14. The predicted molar refractivity (Wildman–Crippen MR) is 63.2 cm³/mol. The first kappa shape index (κ1) is 11.6. The van der Waals surface area contributed by atoms with Crippen LogP contribution in [0.4, 0.5) is 5.88 Å². The number of pyridine rings is 1. The first-order chi connectivity index (χ1) is 8.04. The van der Waals surface area contributed by atoms with E-state index >= 15 is 0 Å². The molecule has 1 N–H and O–H groups in total. The molecule has 2 aromatic heterocycles. The first-order valence-electron chi connectivity index (χ1n) is 4.93. The summed E-state index contributed by atoms with van der Waals surface area (Å²) in [5.41, 5.74) is 1.80. The number of anilines is 1. The highest BCUT2D eigenvalue weighted by molar-refractivity contribution is 6.29. The van der Waals surface area contributed by atoms with Crippen LogP contribution >= 0.6 is 11.6 Å². The topological polar surface area (TPSA) is 68.0 Å². The van der Waals surface area contributed by atoms with Crippen molar-refractivity contribution in [3.63, 3.8) is 0 Å². The zero-order valence-corrected chi connectivity index (χ0v) is 10.1. The Morgan fingerprint density at radius 2 is 2.06 bits per heavy atom. The summed E-state index contributed by atoms with van der Waals surface area (Å²) in [5, 5.41) is 6.53. The maximum absolute atomic E-state index is 11.8. The monoisotopic (exact) mass is 251 g/mol. The minimum absolute atomic E-state index is 0.281. The number of rotatable bonds is 2. The summed E-state index contributed by atoms with van der Waals surface area (Å²) in [4.78, 5) is 15.8. The summed E-state index contributed by atoms with van der Waals surface area (Å²) in [6, 6.07) is 4.77. The largest absolute Gasteiger partial charge is 0.338 e. The summed E-state index contributed by atoms with van der Waals surface area (Å²) >= 11 is 5.77. The molecule has 0 spiro atoms.